The summed E-state index contributed by atoms with van der Waals surface area (Å²) >= 11 is 0. The number of carbonyl (C=O) groups excluding carboxylic acids is 2. The summed E-state index contributed by atoms with van der Waals surface area (Å²) in [5.41, 5.74) is 3.81. The van der Waals surface area contributed by atoms with Crippen molar-refractivity contribution in [1.82, 2.24) is 0 Å². The van der Waals surface area contributed by atoms with Crippen LogP contribution in [0.1, 0.15) is 19.4 Å². The molecule has 1 atom stereocenters. The number of nitrogens with one attached hydrogen (secondary N) is 2. The standard InChI is InChI=1S/C12H14F3N3O2/c1-6(16)11(20)18-10-4-3-8(17-7(2)19)5-9(10)12(13,14)15/h3-6H,16H2,1-2H3,(H,17,19)(H,18,20)/t6-/m1/s1. The number of benzene rings is 1. The first kappa shape index (κ1) is 16.0. The maximum absolute atomic E-state index is 12.9. The largest absolute Gasteiger partial charge is 0.418 e. The molecule has 0 spiro atoms. The average molecular weight is 289 g/mol. The van der Waals surface area contributed by atoms with E-state index in [9.17, 15) is 22.8 Å². The molecular weight excluding hydrogens is 275 g/mol. The predicted molar refractivity (Wildman–Crippen MR) is 68.0 cm³/mol. The van der Waals surface area contributed by atoms with Gasteiger partial charge in [-0.15, -0.1) is 0 Å². The highest BCUT2D eigenvalue weighted by molar-refractivity contribution is 5.96. The maximum Gasteiger partial charge on any atom is 0.418 e. The van der Waals surface area contributed by atoms with Crippen molar-refractivity contribution < 1.29 is 22.8 Å². The van der Waals surface area contributed by atoms with Crippen LogP contribution in [0.5, 0.6) is 0 Å². The van der Waals surface area contributed by atoms with Gasteiger partial charge in [-0.1, -0.05) is 0 Å². The van der Waals surface area contributed by atoms with Gasteiger partial charge in [-0.2, -0.15) is 13.2 Å². The van der Waals surface area contributed by atoms with Gasteiger partial charge in [-0.25, -0.2) is 0 Å². The van der Waals surface area contributed by atoms with Gasteiger partial charge in [0, 0.05) is 12.6 Å². The summed E-state index contributed by atoms with van der Waals surface area (Å²) in [7, 11) is 0. The monoisotopic (exact) mass is 289 g/mol. The molecule has 0 radical (unpaired) electrons. The van der Waals surface area contributed by atoms with Crippen molar-refractivity contribution >= 4 is 23.2 Å². The van der Waals surface area contributed by atoms with Gasteiger partial charge in [0.1, 0.15) is 0 Å². The summed E-state index contributed by atoms with van der Waals surface area (Å²) in [5, 5.41) is 4.34. The Balaban J connectivity index is 3.17. The molecule has 2 amide bonds. The van der Waals surface area contributed by atoms with E-state index in [1.807, 2.05) is 0 Å². The van der Waals surface area contributed by atoms with Gasteiger partial charge < -0.3 is 16.4 Å². The number of amides is 2. The van der Waals surface area contributed by atoms with Crippen LogP contribution in [0.2, 0.25) is 0 Å². The first-order valence-electron chi connectivity index (χ1n) is 5.66. The third kappa shape index (κ3) is 4.23. The Morgan fingerprint density at radius 2 is 1.85 bits per heavy atom. The van der Waals surface area contributed by atoms with Gasteiger partial charge in [-0.3, -0.25) is 9.59 Å². The number of hydrogen-bond donors (Lipinski definition) is 3. The average Bonchev–Trinajstić information content (AvgIpc) is 2.28. The highest BCUT2D eigenvalue weighted by atomic mass is 19.4. The molecule has 0 aliphatic heterocycles. The Morgan fingerprint density at radius 1 is 1.25 bits per heavy atom. The summed E-state index contributed by atoms with van der Waals surface area (Å²) in [4.78, 5) is 22.2. The second kappa shape index (κ2) is 5.91. The fourth-order valence-electron chi connectivity index (χ4n) is 1.42. The predicted octanol–water partition coefficient (Wildman–Crippen LogP) is 1.95. The number of rotatable bonds is 3. The van der Waals surface area contributed by atoms with Gasteiger partial charge in [-0.05, 0) is 25.1 Å². The van der Waals surface area contributed by atoms with E-state index in [0.717, 1.165) is 12.1 Å². The number of hydrogen-bond acceptors (Lipinski definition) is 3. The molecule has 0 saturated heterocycles. The fraction of sp³-hybridized carbons (Fsp3) is 0.333. The van der Waals surface area contributed by atoms with E-state index in [-0.39, 0.29) is 5.69 Å². The van der Waals surface area contributed by atoms with Crippen LogP contribution in [0.15, 0.2) is 18.2 Å². The zero-order valence-corrected chi connectivity index (χ0v) is 10.8. The smallest absolute Gasteiger partial charge is 0.326 e. The highest BCUT2D eigenvalue weighted by Gasteiger charge is 2.34. The number of alkyl halides is 3. The zero-order valence-electron chi connectivity index (χ0n) is 10.8. The van der Waals surface area contributed by atoms with E-state index in [0.29, 0.717) is 0 Å². The van der Waals surface area contributed by atoms with Crippen LogP contribution in [0.25, 0.3) is 0 Å². The van der Waals surface area contributed by atoms with Crippen molar-refractivity contribution in [3.8, 4) is 0 Å². The Kier molecular flexibility index (Phi) is 4.72. The number of anilines is 2. The summed E-state index contributed by atoms with van der Waals surface area (Å²) in [6, 6.07) is 2.13. The SMILES string of the molecule is CC(=O)Nc1ccc(NC(=O)[C@@H](C)N)c(C(F)(F)F)c1. The second-order valence-electron chi connectivity index (χ2n) is 4.22. The van der Waals surface area contributed by atoms with Crippen LogP contribution >= 0.6 is 0 Å². The van der Waals surface area contributed by atoms with Gasteiger partial charge >= 0.3 is 6.18 Å². The number of carbonyl (C=O) groups is 2. The van der Waals surface area contributed by atoms with E-state index in [1.165, 1.54) is 19.9 Å². The Hall–Kier alpha value is -2.09. The van der Waals surface area contributed by atoms with Crippen LogP contribution in [0.4, 0.5) is 24.5 Å². The molecule has 1 rings (SSSR count). The van der Waals surface area contributed by atoms with Gasteiger partial charge in [0.25, 0.3) is 0 Å². The lowest BCUT2D eigenvalue weighted by Crippen LogP contribution is -2.33. The van der Waals surface area contributed by atoms with Crippen LogP contribution in [-0.4, -0.2) is 17.9 Å². The van der Waals surface area contributed by atoms with E-state index < -0.39 is 35.3 Å². The summed E-state index contributed by atoms with van der Waals surface area (Å²) in [6.45, 7) is 2.54. The van der Waals surface area contributed by atoms with Crippen molar-refractivity contribution in [1.29, 1.82) is 0 Å². The molecule has 8 heteroatoms. The molecule has 0 aliphatic carbocycles. The third-order valence-corrected chi connectivity index (χ3v) is 2.32. The Labute approximate surface area is 113 Å². The molecule has 20 heavy (non-hydrogen) atoms. The normalized spacial score (nSPS) is 12.7. The lowest BCUT2D eigenvalue weighted by Gasteiger charge is -2.16. The topological polar surface area (TPSA) is 84.2 Å². The van der Waals surface area contributed by atoms with Crippen molar-refractivity contribution in [3.63, 3.8) is 0 Å². The fourth-order valence-corrected chi connectivity index (χ4v) is 1.42. The third-order valence-electron chi connectivity index (χ3n) is 2.32. The van der Waals surface area contributed by atoms with Crippen molar-refractivity contribution in [2.75, 3.05) is 10.6 Å². The molecule has 0 fully saturated rings. The van der Waals surface area contributed by atoms with Crippen LogP contribution in [0.3, 0.4) is 0 Å². The summed E-state index contributed by atoms with van der Waals surface area (Å²) in [5.74, 6) is -1.23. The van der Waals surface area contributed by atoms with E-state index in [4.69, 9.17) is 5.73 Å². The summed E-state index contributed by atoms with van der Waals surface area (Å²) < 4.78 is 38.8. The first-order valence-corrected chi connectivity index (χ1v) is 5.66. The first-order chi connectivity index (χ1) is 9.11. The molecule has 0 aromatic heterocycles. The van der Waals surface area contributed by atoms with Gasteiger partial charge in [0.05, 0.1) is 17.3 Å². The lowest BCUT2D eigenvalue weighted by molar-refractivity contribution is -0.137. The molecular formula is C12H14F3N3O2. The van der Waals surface area contributed by atoms with Crippen LogP contribution < -0.4 is 16.4 Å². The minimum absolute atomic E-state index is 0.0105. The van der Waals surface area contributed by atoms with Crippen molar-refractivity contribution in [3.05, 3.63) is 23.8 Å². The van der Waals surface area contributed by atoms with Gasteiger partial charge in [0.2, 0.25) is 11.8 Å². The Morgan fingerprint density at radius 3 is 2.30 bits per heavy atom. The molecule has 110 valence electrons. The Bertz CT molecular complexity index is 527. The molecule has 1 aromatic rings. The molecule has 4 N–H and O–H groups in total. The maximum atomic E-state index is 12.9. The van der Waals surface area contributed by atoms with Crippen molar-refractivity contribution in [2.45, 2.75) is 26.1 Å². The molecule has 0 heterocycles. The minimum atomic E-state index is -4.67. The highest BCUT2D eigenvalue weighted by Crippen LogP contribution is 2.36. The number of halogens is 3. The van der Waals surface area contributed by atoms with Crippen molar-refractivity contribution in [2.24, 2.45) is 5.73 Å². The molecule has 0 unspecified atom stereocenters. The van der Waals surface area contributed by atoms with E-state index >= 15 is 0 Å². The molecule has 0 saturated carbocycles. The molecule has 5 nitrogen and oxygen atoms in total. The molecule has 1 aromatic carbocycles. The summed E-state index contributed by atoms with van der Waals surface area (Å²) in [6.07, 6.45) is -4.67. The quantitative estimate of drug-likeness (QED) is 0.795. The molecule has 0 aliphatic rings. The zero-order chi connectivity index (χ0) is 15.5. The van der Waals surface area contributed by atoms with E-state index in [1.54, 1.807) is 0 Å². The van der Waals surface area contributed by atoms with Gasteiger partial charge in [0.15, 0.2) is 0 Å². The van der Waals surface area contributed by atoms with E-state index in [2.05, 4.69) is 10.6 Å². The lowest BCUT2D eigenvalue weighted by atomic mass is 10.1. The minimum Gasteiger partial charge on any atom is -0.326 e. The van der Waals surface area contributed by atoms with Crippen LogP contribution in [0, 0.1) is 0 Å². The molecule has 0 bridgehead atoms. The second-order valence-corrected chi connectivity index (χ2v) is 4.22. The number of nitrogens with two attached hydrogens (primary N) is 1. The van der Waals surface area contributed by atoms with Crippen LogP contribution in [-0.2, 0) is 15.8 Å².